The van der Waals surface area contributed by atoms with E-state index in [2.05, 4.69) is 0 Å². The number of hydrogen-bond donors (Lipinski definition) is 1. The van der Waals surface area contributed by atoms with E-state index >= 15 is 0 Å². The minimum Gasteiger partial charge on any atom is -0.396 e. The number of thioether (sulfide) groups is 1. The third-order valence-corrected chi connectivity index (χ3v) is 6.47. The standard InChI is InChI=1S/C11H24N2O3S2/c1-10(9-17-3)12(2)18(15,16)13-6-4-11(8-14)5-7-13/h10-11,14H,4-9H2,1-3H3. The maximum absolute atomic E-state index is 12.4. The Kier molecular flexibility index (Phi) is 6.40. The number of aliphatic hydroxyl groups is 1. The van der Waals surface area contributed by atoms with Crippen molar-refractivity contribution in [2.75, 3.05) is 38.8 Å². The first-order valence-corrected chi connectivity index (χ1v) is 9.05. The van der Waals surface area contributed by atoms with E-state index < -0.39 is 10.2 Å². The van der Waals surface area contributed by atoms with Gasteiger partial charge in [-0.3, -0.25) is 0 Å². The second-order valence-corrected chi connectivity index (χ2v) is 7.75. The summed E-state index contributed by atoms with van der Waals surface area (Å²) in [5, 5.41) is 9.07. The fraction of sp³-hybridized carbons (Fsp3) is 1.00. The molecule has 108 valence electrons. The van der Waals surface area contributed by atoms with E-state index in [-0.39, 0.29) is 18.6 Å². The molecular formula is C11H24N2O3S2. The summed E-state index contributed by atoms with van der Waals surface area (Å²) in [5.74, 6) is 1.05. The predicted molar refractivity (Wildman–Crippen MR) is 75.9 cm³/mol. The summed E-state index contributed by atoms with van der Waals surface area (Å²) < 4.78 is 27.8. The van der Waals surface area contributed by atoms with E-state index in [1.54, 1.807) is 18.8 Å². The summed E-state index contributed by atoms with van der Waals surface area (Å²) in [6.45, 7) is 3.12. The van der Waals surface area contributed by atoms with Gasteiger partial charge in [0.05, 0.1) is 0 Å². The van der Waals surface area contributed by atoms with Crippen molar-refractivity contribution in [1.82, 2.24) is 8.61 Å². The highest BCUT2D eigenvalue weighted by Gasteiger charge is 2.32. The van der Waals surface area contributed by atoms with Gasteiger partial charge >= 0.3 is 0 Å². The summed E-state index contributed by atoms with van der Waals surface area (Å²) in [6, 6.07) is 0.000523. The Labute approximate surface area is 115 Å². The summed E-state index contributed by atoms with van der Waals surface area (Å²) in [4.78, 5) is 0. The molecule has 1 unspecified atom stereocenters. The van der Waals surface area contributed by atoms with Crippen LogP contribution in [0, 0.1) is 5.92 Å². The molecule has 1 rings (SSSR count). The third-order valence-electron chi connectivity index (χ3n) is 3.55. The molecule has 1 aliphatic heterocycles. The molecule has 0 aromatic rings. The van der Waals surface area contributed by atoms with Crippen molar-refractivity contribution < 1.29 is 13.5 Å². The minimum atomic E-state index is -3.34. The highest BCUT2D eigenvalue weighted by atomic mass is 32.2. The Morgan fingerprint density at radius 2 is 2.00 bits per heavy atom. The van der Waals surface area contributed by atoms with Crippen LogP contribution in [0.4, 0.5) is 0 Å². The van der Waals surface area contributed by atoms with Crippen LogP contribution in [0.25, 0.3) is 0 Å². The smallest absolute Gasteiger partial charge is 0.281 e. The molecule has 1 aliphatic rings. The average Bonchev–Trinajstić information content (AvgIpc) is 2.38. The second kappa shape index (κ2) is 7.09. The topological polar surface area (TPSA) is 60.9 Å². The Morgan fingerprint density at radius 3 is 2.44 bits per heavy atom. The predicted octanol–water partition coefficient (Wildman–Crippen LogP) is 0.619. The zero-order valence-electron chi connectivity index (χ0n) is 11.4. The molecule has 7 heteroatoms. The molecule has 0 saturated carbocycles. The van der Waals surface area contributed by atoms with Gasteiger partial charge in [-0.2, -0.15) is 28.8 Å². The molecule has 0 spiro atoms. The molecule has 1 heterocycles. The number of aliphatic hydroxyl groups excluding tert-OH is 1. The quantitative estimate of drug-likeness (QED) is 0.780. The lowest BCUT2D eigenvalue weighted by atomic mass is 10.00. The normalized spacial score (nSPS) is 21.4. The maximum Gasteiger partial charge on any atom is 0.281 e. The number of nitrogens with zero attached hydrogens (tertiary/aromatic N) is 2. The number of rotatable bonds is 6. The van der Waals surface area contributed by atoms with E-state index in [0.29, 0.717) is 13.1 Å². The van der Waals surface area contributed by atoms with Gasteiger partial charge in [-0.25, -0.2) is 0 Å². The molecule has 5 nitrogen and oxygen atoms in total. The van der Waals surface area contributed by atoms with Gasteiger partial charge < -0.3 is 5.11 Å². The van der Waals surface area contributed by atoms with Gasteiger partial charge in [-0.15, -0.1) is 0 Å². The van der Waals surface area contributed by atoms with Crippen LogP contribution in [-0.4, -0.2) is 66.9 Å². The SMILES string of the molecule is CSCC(C)N(C)S(=O)(=O)N1CCC(CO)CC1. The molecule has 1 saturated heterocycles. The first-order chi connectivity index (χ1) is 8.43. The number of piperidine rings is 1. The Balaban J connectivity index is 2.64. The Bertz CT molecular complexity index is 340. The van der Waals surface area contributed by atoms with Gasteiger partial charge in [-0.05, 0) is 31.9 Å². The van der Waals surface area contributed by atoms with Gasteiger partial charge in [0.2, 0.25) is 0 Å². The summed E-state index contributed by atoms with van der Waals surface area (Å²) >= 11 is 1.65. The lowest BCUT2D eigenvalue weighted by molar-refractivity contribution is 0.166. The van der Waals surface area contributed by atoms with E-state index in [1.807, 2.05) is 13.2 Å². The molecule has 0 aromatic carbocycles. The molecule has 18 heavy (non-hydrogen) atoms. The van der Waals surface area contributed by atoms with Crippen molar-refractivity contribution in [2.45, 2.75) is 25.8 Å². The first-order valence-electron chi connectivity index (χ1n) is 6.26. The first kappa shape index (κ1) is 16.2. The van der Waals surface area contributed by atoms with Crippen LogP contribution in [0.5, 0.6) is 0 Å². The fourth-order valence-electron chi connectivity index (χ4n) is 2.08. The lowest BCUT2D eigenvalue weighted by Crippen LogP contribution is -2.49. The van der Waals surface area contributed by atoms with Gasteiger partial charge in [0.1, 0.15) is 0 Å². The van der Waals surface area contributed by atoms with Gasteiger partial charge in [-0.1, -0.05) is 0 Å². The molecule has 1 atom stereocenters. The van der Waals surface area contributed by atoms with E-state index in [9.17, 15) is 8.42 Å². The highest BCUT2D eigenvalue weighted by molar-refractivity contribution is 7.98. The zero-order valence-corrected chi connectivity index (χ0v) is 13.0. The second-order valence-electron chi connectivity index (χ2n) is 4.85. The average molecular weight is 296 g/mol. The summed E-state index contributed by atoms with van der Waals surface area (Å²) in [6.07, 6.45) is 3.48. The van der Waals surface area contributed by atoms with E-state index in [1.165, 1.54) is 8.61 Å². The fourth-order valence-corrected chi connectivity index (χ4v) is 4.44. The molecule has 0 amide bonds. The Hall–Kier alpha value is 0.180. The van der Waals surface area contributed by atoms with Crippen LogP contribution in [0.1, 0.15) is 19.8 Å². The van der Waals surface area contributed by atoms with Crippen LogP contribution in [0.2, 0.25) is 0 Å². The molecular weight excluding hydrogens is 272 g/mol. The summed E-state index contributed by atoms with van der Waals surface area (Å²) in [7, 11) is -1.70. The molecule has 0 radical (unpaired) electrons. The maximum atomic E-state index is 12.4. The van der Waals surface area contributed by atoms with E-state index in [0.717, 1.165) is 18.6 Å². The zero-order chi connectivity index (χ0) is 13.8. The van der Waals surface area contributed by atoms with Crippen molar-refractivity contribution in [3.05, 3.63) is 0 Å². The molecule has 1 fully saturated rings. The third kappa shape index (κ3) is 3.84. The van der Waals surface area contributed by atoms with Crippen LogP contribution in [0.15, 0.2) is 0 Å². The van der Waals surface area contributed by atoms with Crippen molar-refractivity contribution in [3.8, 4) is 0 Å². The van der Waals surface area contributed by atoms with Crippen LogP contribution in [0.3, 0.4) is 0 Å². The molecule has 0 aromatic heterocycles. The molecule has 1 N–H and O–H groups in total. The monoisotopic (exact) mass is 296 g/mol. The van der Waals surface area contributed by atoms with Crippen molar-refractivity contribution in [3.63, 3.8) is 0 Å². The van der Waals surface area contributed by atoms with E-state index in [4.69, 9.17) is 5.11 Å². The van der Waals surface area contributed by atoms with Crippen LogP contribution < -0.4 is 0 Å². The van der Waals surface area contributed by atoms with Gasteiger partial charge in [0.15, 0.2) is 0 Å². The van der Waals surface area contributed by atoms with Crippen molar-refractivity contribution >= 4 is 22.0 Å². The van der Waals surface area contributed by atoms with Gasteiger partial charge in [0, 0.05) is 38.5 Å². The molecule has 0 bridgehead atoms. The van der Waals surface area contributed by atoms with Gasteiger partial charge in [0.25, 0.3) is 10.2 Å². The van der Waals surface area contributed by atoms with Crippen molar-refractivity contribution in [1.29, 1.82) is 0 Å². The highest BCUT2D eigenvalue weighted by Crippen LogP contribution is 2.21. The molecule has 0 aliphatic carbocycles. The van der Waals surface area contributed by atoms with Crippen LogP contribution in [-0.2, 0) is 10.2 Å². The Morgan fingerprint density at radius 1 is 1.44 bits per heavy atom. The number of hydrogen-bond acceptors (Lipinski definition) is 4. The van der Waals surface area contributed by atoms with Crippen molar-refractivity contribution in [2.24, 2.45) is 5.92 Å². The van der Waals surface area contributed by atoms with Crippen LogP contribution >= 0.6 is 11.8 Å². The summed E-state index contributed by atoms with van der Waals surface area (Å²) in [5.41, 5.74) is 0. The largest absolute Gasteiger partial charge is 0.396 e. The minimum absolute atomic E-state index is 0.000523. The lowest BCUT2D eigenvalue weighted by Gasteiger charge is -2.35.